The maximum Gasteiger partial charge on any atom is 0.166 e. The first kappa shape index (κ1) is 12.0. The highest BCUT2D eigenvalue weighted by molar-refractivity contribution is 5.73. The van der Waals surface area contributed by atoms with E-state index in [1.807, 2.05) is 24.5 Å². The van der Waals surface area contributed by atoms with Crippen LogP contribution in [0.4, 0.5) is 5.69 Å². The predicted octanol–water partition coefficient (Wildman–Crippen LogP) is 2.65. The molecule has 5 nitrogen and oxygen atoms in total. The quantitative estimate of drug-likeness (QED) is 0.859. The number of ether oxygens (including phenoxy) is 1. The number of hydrogen-bond acceptors (Lipinski definition) is 4. The number of benzene rings is 1. The van der Waals surface area contributed by atoms with Crippen LogP contribution in [0.1, 0.15) is 31.7 Å². The molecule has 0 aliphatic heterocycles. The number of hydrogen-bond donors (Lipinski definition) is 1. The number of nitrogen functional groups attached to an aromatic ring is 1. The van der Waals surface area contributed by atoms with Crippen LogP contribution in [-0.4, -0.2) is 21.9 Å². The molecule has 1 heterocycles. The van der Waals surface area contributed by atoms with Crippen molar-refractivity contribution in [2.45, 2.75) is 31.7 Å². The number of nitrogens with zero attached hydrogens (tertiary/aromatic N) is 3. The molecule has 0 saturated heterocycles. The topological polar surface area (TPSA) is 66.0 Å². The zero-order valence-corrected chi connectivity index (χ0v) is 11.0. The summed E-state index contributed by atoms with van der Waals surface area (Å²) in [6.45, 7) is 0. The highest BCUT2D eigenvalue weighted by Gasteiger charge is 2.21. The molecule has 0 unspecified atom stereocenters. The molecule has 1 aliphatic rings. The molecule has 0 amide bonds. The summed E-state index contributed by atoms with van der Waals surface area (Å²) in [4.78, 5) is 0. The molecule has 2 aromatic rings. The van der Waals surface area contributed by atoms with Crippen LogP contribution in [0.3, 0.4) is 0 Å². The molecule has 3 rings (SSSR count). The Labute approximate surface area is 112 Å². The van der Waals surface area contributed by atoms with E-state index in [-0.39, 0.29) is 0 Å². The number of nitrogens with two attached hydrogens (primary N) is 1. The van der Waals surface area contributed by atoms with Gasteiger partial charge < -0.3 is 15.0 Å². The van der Waals surface area contributed by atoms with Crippen molar-refractivity contribution >= 4 is 5.69 Å². The zero-order chi connectivity index (χ0) is 13.2. The van der Waals surface area contributed by atoms with Crippen LogP contribution < -0.4 is 10.5 Å². The molecule has 5 heteroatoms. The van der Waals surface area contributed by atoms with Gasteiger partial charge in [0.05, 0.1) is 7.11 Å². The fourth-order valence-corrected chi connectivity index (χ4v) is 2.76. The zero-order valence-electron chi connectivity index (χ0n) is 11.0. The number of aromatic nitrogens is 3. The number of rotatable bonds is 3. The lowest BCUT2D eigenvalue weighted by atomic mass is 10.1. The van der Waals surface area contributed by atoms with E-state index >= 15 is 0 Å². The Hall–Kier alpha value is -2.04. The number of methoxy groups -OCH3 is 1. The molecule has 1 aliphatic carbocycles. The Morgan fingerprint density at radius 1 is 1.32 bits per heavy atom. The SMILES string of the molecule is COc1ccc(-c2nncn2C2CCCC2)c(N)c1. The van der Waals surface area contributed by atoms with Crippen molar-refractivity contribution in [1.29, 1.82) is 0 Å². The molecule has 0 atom stereocenters. The van der Waals surface area contributed by atoms with Gasteiger partial charge >= 0.3 is 0 Å². The van der Waals surface area contributed by atoms with Gasteiger partial charge in [0.15, 0.2) is 5.82 Å². The Morgan fingerprint density at radius 3 is 2.79 bits per heavy atom. The Kier molecular flexibility index (Phi) is 3.11. The third kappa shape index (κ3) is 2.16. The van der Waals surface area contributed by atoms with Crippen LogP contribution in [0.5, 0.6) is 5.75 Å². The lowest BCUT2D eigenvalue weighted by Crippen LogP contribution is -2.06. The molecule has 1 aromatic carbocycles. The van der Waals surface area contributed by atoms with E-state index in [1.54, 1.807) is 7.11 Å². The van der Waals surface area contributed by atoms with E-state index in [9.17, 15) is 0 Å². The van der Waals surface area contributed by atoms with Gasteiger partial charge in [0.1, 0.15) is 12.1 Å². The van der Waals surface area contributed by atoms with Crippen molar-refractivity contribution in [2.24, 2.45) is 0 Å². The van der Waals surface area contributed by atoms with Crippen LogP contribution in [0.25, 0.3) is 11.4 Å². The third-order valence-corrected chi connectivity index (χ3v) is 3.79. The average molecular weight is 258 g/mol. The smallest absolute Gasteiger partial charge is 0.166 e. The standard InChI is InChI=1S/C14H18N4O/c1-19-11-6-7-12(13(15)8-11)14-17-16-9-18(14)10-4-2-3-5-10/h6-10H,2-5,15H2,1H3. The Balaban J connectivity index is 2.00. The predicted molar refractivity (Wildman–Crippen MR) is 73.9 cm³/mol. The largest absolute Gasteiger partial charge is 0.497 e. The lowest BCUT2D eigenvalue weighted by molar-refractivity contribution is 0.415. The number of anilines is 1. The van der Waals surface area contributed by atoms with Crippen molar-refractivity contribution in [2.75, 3.05) is 12.8 Å². The average Bonchev–Trinajstić information content (AvgIpc) is 3.08. The fourth-order valence-electron chi connectivity index (χ4n) is 2.76. The van der Waals surface area contributed by atoms with Crippen molar-refractivity contribution in [1.82, 2.24) is 14.8 Å². The molecule has 19 heavy (non-hydrogen) atoms. The van der Waals surface area contributed by atoms with E-state index < -0.39 is 0 Å². The van der Waals surface area contributed by atoms with E-state index in [0.717, 1.165) is 17.1 Å². The second kappa shape index (κ2) is 4.91. The fraction of sp³-hybridized carbons (Fsp3) is 0.429. The summed E-state index contributed by atoms with van der Waals surface area (Å²) in [5.74, 6) is 1.61. The Bertz CT molecular complexity index is 573. The van der Waals surface area contributed by atoms with Gasteiger partial charge in [0, 0.05) is 23.4 Å². The summed E-state index contributed by atoms with van der Waals surface area (Å²) in [7, 11) is 1.63. The minimum atomic E-state index is 0.506. The Morgan fingerprint density at radius 2 is 2.11 bits per heavy atom. The van der Waals surface area contributed by atoms with Crippen LogP contribution in [0.15, 0.2) is 24.5 Å². The van der Waals surface area contributed by atoms with Crippen molar-refractivity contribution in [3.05, 3.63) is 24.5 Å². The summed E-state index contributed by atoms with van der Waals surface area (Å²) < 4.78 is 7.33. The lowest BCUT2D eigenvalue weighted by Gasteiger charge is -2.15. The highest BCUT2D eigenvalue weighted by atomic mass is 16.5. The summed E-state index contributed by atoms with van der Waals surface area (Å²) in [5, 5.41) is 8.29. The monoisotopic (exact) mass is 258 g/mol. The van der Waals surface area contributed by atoms with Gasteiger partial charge in [-0.2, -0.15) is 0 Å². The first-order valence-electron chi connectivity index (χ1n) is 6.63. The molecule has 0 bridgehead atoms. The highest BCUT2D eigenvalue weighted by Crippen LogP contribution is 2.34. The summed E-state index contributed by atoms with van der Waals surface area (Å²) >= 11 is 0. The van der Waals surface area contributed by atoms with E-state index in [4.69, 9.17) is 10.5 Å². The minimum absolute atomic E-state index is 0.506. The second-order valence-electron chi connectivity index (χ2n) is 4.95. The van der Waals surface area contributed by atoms with Gasteiger partial charge in [-0.1, -0.05) is 12.8 Å². The molecule has 2 N–H and O–H groups in total. The van der Waals surface area contributed by atoms with Gasteiger partial charge in [-0.3, -0.25) is 0 Å². The first-order chi connectivity index (χ1) is 9.29. The van der Waals surface area contributed by atoms with Crippen LogP contribution in [0.2, 0.25) is 0 Å². The van der Waals surface area contributed by atoms with E-state index in [2.05, 4.69) is 14.8 Å². The van der Waals surface area contributed by atoms with Gasteiger partial charge in [0.2, 0.25) is 0 Å². The maximum atomic E-state index is 6.09. The summed E-state index contributed by atoms with van der Waals surface area (Å²) in [6.07, 6.45) is 6.76. The van der Waals surface area contributed by atoms with Crippen LogP contribution in [0, 0.1) is 0 Å². The van der Waals surface area contributed by atoms with Crippen molar-refractivity contribution in [3.8, 4) is 17.1 Å². The molecular formula is C14H18N4O. The van der Waals surface area contributed by atoms with Gasteiger partial charge in [-0.05, 0) is 25.0 Å². The van der Waals surface area contributed by atoms with Gasteiger partial charge in [-0.15, -0.1) is 10.2 Å². The van der Waals surface area contributed by atoms with E-state index in [0.29, 0.717) is 11.7 Å². The van der Waals surface area contributed by atoms with E-state index in [1.165, 1.54) is 25.7 Å². The molecule has 1 saturated carbocycles. The minimum Gasteiger partial charge on any atom is -0.497 e. The summed E-state index contributed by atoms with van der Waals surface area (Å²) in [5.41, 5.74) is 7.69. The first-order valence-corrected chi connectivity index (χ1v) is 6.63. The summed E-state index contributed by atoms with van der Waals surface area (Å²) in [6, 6.07) is 6.18. The van der Waals surface area contributed by atoms with Crippen LogP contribution in [-0.2, 0) is 0 Å². The molecular weight excluding hydrogens is 240 g/mol. The molecule has 1 fully saturated rings. The van der Waals surface area contributed by atoms with Crippen molar-refractivity contribution < 1.29 is 4.74 Å². The van der Waals surface area contributed by atoms with Crippen LogP contribution >= 0.6 is 0 Å². The molecule has 1 aromatic heterocycles. The molecule has 0 radical (unpaired) electrons. The van der Waals surface area contributed by atoms with Gasteiger partial charge in [-0.25, -0.2) is 0 Å². The maximum absolute atomic E-state index is 6.09. The molecule has 100 valence electrons. The normalized spacial score (nSPS) is 15.8. The molecule has 0 spiro atoms. The third-order valence-electron chi connectivity index (χ3n) is 3.79. The van der Waals surface area contributed by atoms with Gasteiger partial charge in [0.25, 0.3) is 0 Å². The second-order valence-corrected chi connectivity index (χ2v) is 4.95. The van der Waals surface area contributed by atoms with Crippen molar-refractivity contribution in [3.63, 3.8) is 0 Å².